The summed E-state index contributed by atoms with van der Waals surface area (Å²) in [4.78, 5) is 17.0. The maximum Gasteiger partial charge on any atom is 0.224 e. The van der Waals surface area contributed by atoms with Gasteiger partial charge in [0.15, 0.2) is 0 Å². The molecule has 0 aliphatic heterocycles. The van der Waals surface area contributed by atoms with Gasteiger partial charge in [-0.1, -0.05) is 54.1 Å². The molecule has 0 bridgehead atoms. The Morgan fingerprint density at radius 2 is 1.85 bits per heavy atom. The average molecular weight is 462 g/mol. The number of halogens is 1. The van der Waals surface area contributed by atoms with Crippen LogP contribution < -0.4 is 10.1 Å². The van der Waals surface area contributed by atoms with Crippen LogP contribution >= 0.6 is 11.6 Å². The Hall–Kier alpha value is -3.31. The van der Waals surface area contributed by atoms with Crippen LogP contribution in [-0.2, 0) is 24.2 Å². The van der Waals surface area contributed by atoms with Crippen molar-refractivity contribution in [2.24, 2.45) is 0 Å². The van der Waals surface area contributed by atoms with E-state index in [1.807, 2.05) is 73.7 Å². The second kappa shape index (κ2) is 11.0. The number of benzene rings is 3. The van der Waals surface area contributed by atoms with Crippen molar-refractivity contribution in [1.29, 1.82) is 0 Å². The number of rotatable bonds is 10. The van der Waals surface area contributed by atoms with Gasteiger partial charge in [0.05, 0.1) is 24.0 Å². The molecule has 0 aliphatic rings. The fourth-order valence-corrected chi connectivity index (χ4v) is 3.96. The largest absolute Gasteiger partial charge is 0.492 e. The number of amides is 1. The predicted octanol–water partition coefficient (Wildman–Crippen LogP) is 5.37. The number of aryl methyl sites for hydroxylation is 2. The van der Waals surface area contributed by atoms with E-state index in [4.69, 9.17) is 21.3 Å². The third-order valence-electron chi connectivity index (χ3n) is 5.55. The topological polar surface area (TPSA) is 56.1 Å². The molecule has 5 nitrogen and oxygen atoms in total. The standard InChI is InChI=1S/C27H28ClN3O2/c1-20-18-22(13-14-23(20)28)33-17-16-31-25-11-6-5-10-24(25)30-26(31)12-7-15-29-27(32)19-21-8-3-2-4-9-21/h2-6,8-11,13-14,18H,7,12,15-17,19H2,1H3,(H,29,32). The normalized spacial score (nSPS) is 11.0. The summed E-state index contributed by atoms with van der Waals surface area (Å²) in [6.07, 6.45) is 2.00. The lowest BCUT2D eigenvalue weighted by molar-refractivity contribution is -0.120. The highest BCUT2D eigenvalue weighted by molar-refractivity contribution is 6.31. The Labute approximate surface area is 199 Å². The maximum absolute atomic E-state index is 12.2. The zero-order chi connectivity index (χ0) is 23.0. The molecule has 3 aromatic carbocycles. The monoisotopic (exact) mass is 461 g/mol. The van der Waals surface area contributed by atoms with Gasteiger partial charge in [0.25, 0.3) is 0 Å². The summed E-state index contributed by atoms with van der Waals surface area (Å²) in [7, 11) is 0. The predicted molar refractivity (Wildman–Crippen MR) is 133 cm³/mol. The Morgan fingerprint density at radius 3 is 2.67 bits per heavy atom. The van der Waals surface area contributed by atoms with Crippen molar-refractivity contribution >= 4 is 28.5 Å². The van der Waals surface area contributed by atoms with Crippen LogP contribution in [0.2, 0.25) is 5.02 Å². The SMILES string of the molecule is Cc1cc(OCCn2c(CCCNC(=O)Cc3ccccc3)nc3ccccc32)ccc1Cl. The summed E-state index contributed by atoms with van der Waals surface area (Å²) >= 11 is 6.11. The van der Waals surface area contributed by atoms with Crippen LogP contribution in [0, 0.1) is 6.92 Å². The molecule has 0 saturated heterocycles. The number of fused-ring (bicyclic) bond motifs is 1. The van der Waals surface area contributed by atoms with E-state index in [0.717, 1.165) is 51.6 Å². The minimum Gasteiger partial charge on any atom is -0.492 e. The van der Waals surface area contributed by atoms with Crippen LogP contribution in [0.15, 0.2) is 72.8 Å². The highest BCUT2D eigenvalue weighted by Crippen LogP contribution is 2.22. The second-order valence-corrected chi connectivity index (χ2v) is 8.45. The molecule has 0 spiro atoms. The quantitative estimate of drug-likeness (QED) is 0.323. The first-order valence-corrected chi connectivity index (χ1v) is 11.6. The van der Waals surface area contributed by atoms with Gasteiger partial charge < -0.3 is 14.6 Å². The zero-order valence-electron chi connectivity index (χ0n) is 18.8. The van der Waals surface area contributed by atoms with Crippen molar-refractivity contribution in [2.45, 2.75) is 32.7 Å². The van der Waals surface area contributed by atoms with Gasteiger partial charge in [0, 0.05) is 18.0 Å². The van der Waals surface area contributed by atoms with Crippen LogP contribution in [0.1, 0.15) is 23.4 Å². The first-order valence-electron chi connectivity index (χ1n) is 11.2. The van der Waals surface area contributed by atoms with Gasteiger partial charge in [-0.25, -0.2) is 4.98 Å². The fourth-order valence-electron chi connectivity index (χ4n) is 3.85. The van der Waals surface area contributed by atoms with Crippen molar-refractivity contribution in [2.75, 3.05) is 13.2 Å². The van der Waals surface area contributed by atoms with Gasteiger partial charge in [0.1, 0.15) is 18.2 Å². The number of nitrogens with one attached hydrogen (secondary N) is 1. The Bertz CT molecular complexity index is 1220. The van der Waals surface area contributed by atoms with Crippen LogP contribution in [0.25, 0.3) is 11.0 Å². The third-order valence-corrected chi connectivity index (χ3v) is 5.98. The minimum absolute atomic E-state index is 0.0429. The van der Waals surface area contributed by atoms with Crippen molar-refractivity contribution in [1.82, 2.24) is 14.9 Å². The molecule has 0 fully saturated rings. The summed E-state index contributed by atoms with van der Waals surface area (Å²) in [6, 6.07) is 23.6. The number of para-hydroxylation sites is 2. The van der Waals surface area contributed by atoms with Crippen LogP contribution in [0.5, 0.6) is 5.75 Å². The van der Waals surface area contributed by atoms with Gasteiger partial charge in [-0.3, -0.25) is 4.79 Å². The highest BCUT2D eigenvalue weighted by atomic mass is 35.5. The molecule has 0 saturated carbocycles. The van der Waals surface area contributed by atoms with Crippen molar-refractivity contribution in [3.8, 4) is 5.75 Å². The highest BCUT2D eigenvalue weighted by Gasteiger charge is 2.11. The molecule has 0 atom stereocenters. The number of hydrogen-bond donors (Lipinski definition) is 1. The molecule has 1 amide bonds. The average Bonchev–Trinajstić information content (AvgIpc) is 3.17. The summed E-state index contributed by atoms with van der Waals surface area (Å²) in [5.41, 5.74) is 4.09. The Morgan fingerprint density at radius 1 is 1.06 bits per heavy atom. The first-order chi connectivity index (χ1) is 16.1. The van der Waals surface area contributed by atoms with E-state index in [2.05, 4.69) is 16.0 Å². The van der Waals surface area contributed by atoms with E-state index in [0.29, 0.717) is 26.1 Å². The van der Waals surface area contributed by atoms with E-state index in [1.165, 1.54) is 0 Å². The van der Waals surface area contributed by atoms with E-state index < -0.39 is 0 Å². The number of carbonyl (C=O) groups is 1. The van der Waals surface area contributed by atoms with E-state index in [1.54, 1.807) is 0 Å². The molecule has 0 unspecified atom stereocenters. The van der Waals surface area contributed by atoms with Gasteiger partial charge in [-0.2, -0.15) is 0 Å². The molecular formula is C27H28ClN3O2. The molecule has 1 N–H and O–H groups in total. The number of ether oxygens (including phenoxy) is 1. The fraction of sp³-hybridized carbons (Fsp3) is 0.259. The lowest BCUT2D eigenvalue weighted by atomic mass is 10.1. The molecule has 0 radical (unpaired) electrons. The zero-order valence-corrected chi connectivity index (χ0v) is 19.5. The smallest absolute Gasteiger partial charge is 0.224 e. The van der Waals surface area contributed by atoms with Gasteiger partial charge >= 0.3 is 0 Å². The van der Waals surface area contributed by atoms with E-state index in [9.17, 15) is 4.79 Å². The van der Waals surface area contributed by atoms with Crippen molar-refractivity contribution < 1.29 is 9.53 Å². The Balaban J connectivity index is 1.33. The minimum atomic E-state index is 0.0429. The van der Waals surface area contributed by atoms with E-state index in [-0.39, 0.29) is 5.91 Å². The van der Waals surface area contributed by atoms with Crippen molar-refractivity contribution in [3.63, 3.8) is 0 Å². The molecular weight excluding hydrogens is 434 g/mol. The second-order valence-electron chi connectivity index (χ2n) is 8.04. The number of aromatic nitrogens is 2. The van der Waals surface area contributed by atoms with Gasteiger partial charge in [-0.05, 0) is 54.8 Å². The molecule has 170 valence electrons. The lowest BCUT2D eigenvalue weighted by Gasteiger charge is -2.12. The number of carbonyl (C=O) groups excluding carboxylic acids is 1. The van der Waals surface area contributed by atoms with Gasteiger partial charge in [-0.15, -0.1) is 0 Å². The third kappa shape index (κ3) is 6.14. The first kappa shape index (κ1) is 22.9. The van der Waals surface area contributed by atoms with Crippen LogP contribution in [0.3, 0.4) is 0 Å². The summed E-state index contributed by atoms with van der Waals surface area (Å²) in [5.74, 6) is 1.86. The lowest BCUT2D eigenvalue weighted by Crippen LogP contribution is -2.26. The molecule has 1 aromatic heterocycles. The molecule has 4 aromatic rings. The molecule has 4 rings (SSSR count). The summed E-state index contributed by atoms with van der Waals surface area (Å²) < 4.78 is 8.18. The number of hydrogen-bond acceptors (Lipinski definition) is 3. The molecule has 0 aliphatic carbocycles. The van der Waals surface area contributed by atoms with Gasteiger partial charge in [0.2, 0.25) is 5.91 Å². The van der Waals surface area contributed by atoms with Crippen molar-refractivity contribution in [3.05, 3.63) is 94.8 Å². The number of nitrogens with zero attached hydrogens (tertiary/aromatic N) is 2. The maximum atomic E-state index is 12.2. The molecule has 33 heavy (non-hydrogen) atoms. The number of imidazole rings is 1. The summed E-state index contributed by atoms with van der Waals surface area (Å²) in [5, 5.41) is 3.75. The van der Waals surface area contributed by atoms with Crippen LogP contribution in [0.4, 0.5) is 0 Å². The van der Waals surface area contributed by atoms with Crippen LogP contribution in [-0.4, -0.2) is 28.6 Å². The molecule has 1 heterocycles. The molecule has 6 heteroatoms. The van der Waals surface area contributed by atoms with E-state index >= 15 is 0 Å². The summed E-state index contributed by atoms with van der Waals surface area (Å²) in [6.45, 7) is 3.81. The Kier molecular flexibility index (Phi) is 7.63.